The number of halogens is 3. The molecule has 0 bridgehead atoms. The van der Waals surface area contributed by atoms with E-state index in [0.29, 0.717) is 29.9 Å². The summed E-state index contributed by atoms with van der Waals surface area (Å²) >= 11 is 0. The van der Waals surface area contributed by atoms with Gasteiger partial charge in [-0.2, -0.15) is 13.2 Å². The number of pyridine rings is 1. The van der Waals surface area contributed by atoms with Crippen LogP contribution < -0.4 is 5.32 Å². The van der Waals surface area contributed by atoms with E-state index in [0.717, 1.165) is 25.9 Å². The van der Waals surface area contributed by atoms with Crippen LogP contribution in [-0.4, -0.2) is 55.3 Å². The van der Waals surface area contributed by atoms with Gasteiger partial charge in [-0.1, -0.05) is 0 Å². The van der Waals surface area contributed by atoms with E-state index in [1.165, 1.54) is 12.8 Å². The molecule has 1 saturated carbocycles. The Morgan fingerprint density at radius 1 is 1.18 bits per heavy atom. The van der Waals surface area contributed by atoms with Crippen molar-refractivity contribution in [3.05, 3.63) is 23.5 Å². The summed E-state index contributed by atoms with van der Waals surface area (Å²) in [4.78, 5) is 10.6. The highest BCUT2D eigenvalue weighted by molar-refractivity contribution is 5.64. The van der Waals surface area contributed by atoms with Crippen molar-refractivity contribution in [2.24, 2.45) is 0 Å². The van der Waals surface area contributed by atoms with E-state index in [-0.39, 0.29) is 17.4 Å². The molecule has 10 heteroatoms. The number of piperidine rings is 1. The van der Waals surface area contributed by atoms with Gasteiger partial charge in [-0.05, 0) is 45.2 Å². The van der Waals surface area contributed by atoms with Crippen LogP contribution in [0.15, 0.2) is 12.3 Å². The van der Waals surface area contributed by atoms with E-state index in [4.69, 9.17) is 0 Å². The van der Waals surface area contributed by atoms with Crippen molar-refractivity contribution in [3.8, 4) is 17.1 Å². The average molecular weight is 394 g/mol. The molecular formula is C18H21F3N6O. The van der Waals surface area contributed by atoms with Crippen LogP contribution in [0, 0.1) is 6.92 Å². The Bertz CT molecular complexity index is 871. The number of rotatable bonds is 4. The Morgan fingerprint density at radius 2 is 1.96 bits per heavy atom. The molecule has 0 radical (unpaired) electrons. The van der Waals surface area contributed by atoms with Crippen LogP contribution in [0.2, 0.25) is 0 Å². The summed E-state index contributed by atoms with van der Waals surface area (Å²) in [5.41, 5.74) is -0.521. The first kappa shape index (κ1) is 18.9. The van der Waals surface area contributed by atoms with Gasteiger partial charge in [0.2, 0.25) is 5.95 Å². The first-order chi connectivity index (χ1) is 13.3. The van der Waals surface area contributed by atoms with Crippen molar-refractivity contribution < 1.29 is 18.3 Å². The van der Waals surface area contributed by atoms with E-state index in [2.05, 4.69) is 30.4 Å². The lowest BCUT2D eigenvalue weighted by Gasteiger charge is -2.33. The van der Waals surface area contributed by atoms with Gasteiger partial charge in [0.25, 0.3) is 0 Å². The Morgan fingerprint density at radius 3 is 2.61 bits per heavy atom. The van der Waals surface area contributed by atoms with Crippen molar-refractivity contribution in [2.45, 2.75) is 50.9 Å². The van der Waals surface area contributed by atoms with Gasteiger partial charge in [0.1, 0.15) is 17.1 Å². The molecular weight excluding hydrogens is 373 g/mol. The normalized spacial score (nSPS) is 20.9. The van der Waals surface area contributed by atoms with Crippen molar-refractivity contribution in [2.75, 3.05) is 18.4 Å². The van der Waals surface area contributed by atoms with Gasteiger partial charge < -0.3 is 10.4 Å². The lowest BCUT2D eigenvalue weighted by Crippen LogP contribution is -2.43. The summed E-state index contributed by atoms with van der Waals surface area (Å²) < 4.78 is 38.2. The SMILES string of the molecule is Cc1nc(NC2CCCN(C3CC3)C2)nnc1-c1ncc(C(F)(F)F)cc1O. The quantitative estimate of drug-likeness (QED) is 0.824. The third-order valence-electron chi connectivity index (χ3n) is 5.13. The predicted octanol–water partition coefficient (Wildman–Crippen LogP) is 3.01. The number of hydrogen-bond acceptors (Lipinski definition) is 7. The second-order valence-corrected chi connectivity index (χ2v) is 7.37. The molecule has 7 nitrogen and oxygen atoms in total. The van der Waals surface area contributed by atoms with Crippen molar-refractivity contribution >= 4 is 5.95 Å². The number of nitrogens with zero attached hydrogens (tertiary/aromatic N) is 5. The second-order valence-electron chi connectivity index (χ2n) is 7.37. The molecule has 2 aromatic heterocycles. The molecule has 1 aliphatic carbocycles. The summed E-state index contributed by atoms with van der Waals surface area (Å²) in [5.74, 6) is -0.239. The molecule has 3 heterocycles. The monoisotopic (exact) mass is 394 g/mol. The highest BCUT2D eigenvalue weighted by atomic mass is 19.4. The van der Waals surface area contributed by atoms with E-state index >= 15 is 0 Å². The molecule has 150 valence electrons. The summed E-state index contributed by atoms with van der Waals surface area (Å²) in [6.07, 6.45) is 0.752. The number of aryl methyl sites for hydroxylation is 1. The highest BCUT2D eigenvalue weighted by Gasteiger charge is 2.33. The minimum atomic E-state index is -4.58. The van der Waals surface area contributed by atoms with Gasteiger partial charge in [-0.3, -0.25) is 4.90 Å². The summed E-state index contributed by atoms with van der Waals surface area (Å²) in [6.45, 7) is 3.72. The van der Waals surface area contributed by atoms with Gasteiger partial charge in [0, 0.05) is 24.8 Å². The molecule has 2 N–H and O–H groups in total. The topological polar surface area (TPSA) is 87.1 Å². The fourth-order valence-corrected chi connectivity index (χ4v) is 3.55. The Labute approximate surface area is 160 Å². The van der Waals surface area contributed by atoms with Crippen LogP contribution in [0.4, 0.5) is 19.1 Å². The van der Waals surface area contributed by atoms with Crippen LogP contribution in [0.3, 0.4) is 0 Å². The van der Waals surface area contributed by atoms with Crippen molar-refractivity contribution in [1.82, 2.24) is 25.1 Å². The fraction of sp³-hybridized carbons (Fsp3) is 0.556. The molecule has 1 saturated heterocycles. The maximum absolute atomic E-state index is 12.7. The summed E-state index contributed by atoms with van der Waals surface area (Å²) in [6, 6.07) is 1.57. The lowest BCUT2D eigenvalue weighted by atomic mass is 10.1. The molecule has 28 heavy (non-hydrogen) atoms. The molecule has 0 spiro atoms. The molecule has 0 amide bonds. The first-order valence-corrected chi connectivity index (χ1v) is 9.30. The molecule has 4 rings (SSSR count). The third-order valence-corrected chi connectivity index (χ3v) is 5.13. The summed E-state index contributed by atoms with van der Waals surface area (Å²) in [7, 11) is 0. The maximum Gasteiger partial charge on any atom is 0.418 e. The largest absolute Gasteiger partial charge is 0.506 e. The number of hydrogen-bond donors (Lipinski definition) is 2. The zero-order chi connectivity index (χ0) is 19.9. The van der Waals surface area contributed by atoms with E-state index < -0.39 is 17.5 Å². The van der Waals surface area contributed by atoms with Gasteiger partial charge in [0.15, 0.2) is 0 Å². The maximum atomic E-state index is 12.7. The molecule has 2 aromatic rings. The van der Waals surface area contributed by atoms with Crippen LogP contribution >= 0.6 is 0 Å². The molecule has 1 aliphatic heterocycles. The van der Waals surface area contributed by atoms with Crippen LogP contribution in [0.5, 0.6) is 5.75 Å². The molecule has 1 atom stereocenters. The smallest absolute Gasteiger partial charge is 0.418 e. The van der Waals surface area contributed by atoms with Crippen LogP contribution in [0.1, 0.15) is 36.9 Å². The van der Waals surface area contributed by atoms with E-state index in [1.807, 2.05) is 0 Å². The van der Waals surface area contributed by atoms with E-state index in [1.54, 1.807) is 6.92 Å². The van der Waals surface area contributed by atoms with Gasteiger partial charge >= 0.3 is 6.18 Å². The summed E-state index contributed by atoms with van der Waals surface area (Å²) in [5, 5.41) is 21.4. The molecule has 2 aliphatic rings. The number of aromatic nitrogens is 4. The second kappa shape index (κ2) is 7.16. The standard InChI is InChI=1S/C18H21F3N6O/c1-10-15(16-14(28)7-11(8-22-16)18(19,20)21)25-26-17(23-10)24-12-3-2-6-27(9-12)13-4-5-13/h7-8,12-13,28H,2-6,9H2,1H3,(H,23,24,26). The average Bonchev–Trinajstić information content (AvgIpc) is 3.47. The Kier molecular flexibility index (Phi) is 4.82. The zero-order valence-electron chi connectivity index (χ0n) is 15.4. The van der Waals surface area contributed by atoms with Crippen LogP contribution in [-0.2, 0) is 6.18 Å². The number of nitrogens with one attached hydrogen (secondary N) is 1. The molecule has 0 aromatic carbocycles. The van der Waals surface area contributed by atoms with Gasteiger partial charge in [0.05, 0.1) is 11.3 Å². The fourth-order valence-electron chi connectivity index (χ4n) is 3.55. The Balaban J connectivity index is 1.50. The van der Waals surface area contributed by atoms with Gasteiger partial charge in [-0.15, -0.1) is 10.2 Å². The highest BCUT2D eigenvalue weighted by Crippen LogP contribution is 2.35. The van der Waals surface area contributed by atoms with E-state index in [9.17, 15) is 18.3 Å². The van der Waals surface area contributed by atoms with Gasteiger partial charge in [-0.25, -0.2) is 9.97 Å². The van der Waals surface area contributed by atoms with Crippen molar-refractivity contribution in [3.63, 3.8) is 0 Å². The third kappa shape index (κ3) is 4.01. The first-order valence-electron chi connectivity index (χ1n) is 9.30. The number of alkyl halides is 3. The Hall–Kier alpha value is -2.49. The minimum absolute atomic E-state index is 0.0744. The predicted molar refractivity (Wildman–Crippen MR) is 95.7 cm³/mol. The number of aromatic hydroxyl groups is 1. The zero-order valence-corrected chi connectivity index (χ0v) is 15.4. The minimum Gasteiger partial charge on any atom is -0.506 e. The van der Waals surface area contributed by atoms with Crippen molar-refractivity contribution in [1.29, 1.82) is 0 Å². The molecule has 2 fully saturated rings. The number of anilines is 1. The number of likely N-dealkylation sites (tertiary alicyclic amines) is 1. The lowest BCUT2D eigenvalue weighted by molar-refractivity contribution is -0.137. The molecule has 1 unspecified atom stereocenters. The van der Waals surface area contributed by atoms with Crippen LogP contribution in [0.25, 0.3) is 11.4 Å².